The van der Waals surface area contributed by atoms with E-state index in [1.54, 1.807) is 0 Å². The van der Waals surface area contributed by atoms with Gasteiger partial charge in [-0.15, -0.1) is 0 Å². The third-order valence-corrected chi connectivity index (χ3v) is 21.0. The molecule has 12 aromatic carbocycles. The first-order chi connectivity index (χ1) is 46.1. The third-order valence-electron chi connectivity index (χ3n) is 21.0. The van der Waals surface area contributed by atoms with Crippen molar-refractivity contribution in [3.8, 4) is 68.3 Å². The molecule has 1 spiro atoms. The van der Waals surface area contributed by atoms with Gasteiger partial charge in [-0.3, -0.25) is 9.97 Å². The van der Waals surface area contributed by atoms with E-state index in [0.29, 0.717) is 5.56 Å². The number of aromatic nitrogens is 5. The Morgan fingerprint density at radius 1 is 0.323 bits per heavy atom. The number of nitriles is 1. The van der Waals surface area contributed by atoms with Crippen LogP contribution in [0.25, 0.3) is 116 Å². The van der Waals surface area contributed by atoms with Crippen molar-refractivity contribution >= 4 is 65.4 Å². The van der Waals surface area contributed by atoms with Gasteiger partial charge in [-0.2, -0.15) is 5.26 Å². The predicted octanol–water partition coefficient (Wildman–Crippen LogP) is 20.4. The Hall–Kier alpha value is -12.4. The van der Waals surface area contributed by atoms with Gasteiger partial charge in [-0.1, -0.05) is 182 Å². The van der Waals surface area contributed by atoms with E-state index in [4.69, 9.17) is 14.7 Å². The fourth-order valence-electron chi connectivity index (χ4n) is 17.2. The second-order valence-corrected chi connectivity index (χ2v) is 25.4. The number of rotatable bonds is 5. The van der Waals surface area contributed by atoms with Crippen LogP contribution in [-0.2, 0) is 5.41 Å². The Bertz CT molecular complexity index is 5940. The van der Waals surface area contributed by atoms with Gasteiger partial charge in [0.1, 0.15) is 11.5 Å². The normalized spacial score (nSPS) is 13.9. The maximum Gasteiger partial charge on any atom is 0.134 e. The van der Waals surface area contributed by atoms with E-state index in [1.165, 1.54) is 55.3 Å². The van der Waals surface area contributed by atoms with Gasteiger partial charge >= 0.3 is 0 Å². The van der Waals surface area contributed by atoms with Gasteiger partial charge in [0.05, 0.1) is 61.5 Å². The van der Waals surface area contributed by atoms with Crippen molar-refractivity contribution in [1.29, 1.82) is 5.26 Å². The zero-order valence-electron chi connectivity index (χ0n) is 50.0. The molecule has 7 nitrogen and oxygen atoms in total. The highest BCUT2D eigenvalue weighted by atomic mass is 16.5. The zero-order valence-corrected chi connectivity index (χ0v) is 50.0. The van der Waals surface area contributed by atoms with Crippen molar-refractivity contribution in [2.24, 2.45) is 0 Å². The summed E-state index contributed by atoms with van der Waals surface area (Å²) in [5, 5.41) is 16.8. The van der Waals surface area contributed by atoms with Gasteiger partial charge in [0, 0.05) is 108 Å². The smallest absolute Gasteiger partial charge is 0.134 e. The number of benzene rings is 12. The molecule has 0 saturated heterocycles. The number of pyridine rings is 2. The van der Waals surface area contributed by atoms with Crippen LogP contribution < -0.4 is 4.74 Å². The minimum absolute atomic E-state index is 0.0491. The van der Waals surface area contributed by atoms with Crippen LogP contribution in [0, 0.1) is 11.3 Å². The lowest BCUT2D eigenvalue weighted by molar-refractivity contribution is 0.435. The number of hydrogen-bond acceptors (Lipinski definition) is 4. The second-order valence-electron chi connectivity index (χ2n) is 25.4. The van der Waals surface area contributed by atoms with Gasteiger partial charge in [0.15, 0.2) is 0 Å². The molecule has 1 aliphatic heterocycles. The van der Waals surface area contributed by atoms with Crippen molar-refractivity contribution in [2.45, 2.75) is 17.3 Å². The lowest BCUT2D eigenvalue weighted by atomic mass is 9.65. The molecule has 0 unspecified atom stereocenters. The first-order valence-corrected chi connectivity index (χ1v) is 31.9. The average molecular weight is 1180 g/mol. The lowest BCUT2D eigenvalue weighted by Crippen LogP contribution is -2.33. The molecule has 17 aromatic rings. The molecule has 4 aliphatic rings. The van der Waals surface area contributed by atoms with Crippen LogP contribution in [0.4, 0.5) is 0 Å². The predicted molar refractivity (Wildman–Crippen MR) is 373 cm³/mol. The molecular weight excluding hydrogens is 1130 g/mol. The molecule has 3 aliphatic carbocycles. The van der Waals surface area contributed by atoms with E-state index >= 15 is 0 Å². The summed E-state index contributed by atoms with van der Waals surface area (Å²) >= 11 is 0. The highest BCUT2D eigenvalue weighted by molar-refractivity contribution is 6.13. The Kier molecular flexibility index (Phi) is 10.1. The lowest BCUT2D eigenvalue weighted by Gasteiger charge is -2.40. The monoisotopic (exact) mass is 1180 g/mol. The molecule has 0 amide bonds. The summed E-state index contributed by atoms with van der Waals surface area (Å²) in [6, 6.07) is 104. The molecule has 0 bridgehead atoms. The van der Waals surface area contributed by atoms with Crippen molar-refractivity contribution in [1.82, 2.24) is 23.7 Å². The second kappa shape index (κ2) is 18.6. The van der Waals surface area contributed by atoms with Crippen LogP contribution in [0.3, 0.4) is 0 Å². The van der Waals surface area contributed by atoms with Crippen LogP contribution in [0.15, 0.2) is 291 Å². The molecule has 6 heterocycles. The quantitative estimate of drug-likeness (QED) is 0.172. The van der Waals surface area contributed by atoms with Crippen LogP contribution in [-0.4, -0.2) is 23.7 Å². The number of para-hydroxylation sites is 4. The Morgan fingerprint density at radius 3 is 1.10 bits per heavy atom. The minimum Gasteiger partial charge on any atom is -0.457 e. The van der Waals surface area contributed by atoms with Crippen molar-refractivity contribution in [3.63, 3.8) is 0 Å². The summed E-state index contributed by atoms with van der Waals surface area (Å²) in [7, 11) is 0. The van der Waals surface area contributed by atoms with Gasteiger partial charge < -0.3 is 18.4 Å². The van der Waals surface area contributed by atoms with E-state index in [9.17, 15) is 5.26 Å². The molecule has 0 atom stereocenters. The highest BCUT2D eigenvalue weighted by Gasteiger charge is 2.54. The largest absolute Gasteiger partial charge is 0.457 e. The molecule has 5 aromatic heterocycles. The van der Waals surface area contributed by atoms with Crippen molar-refractivity contribution < 1.29 is 4.74 Å². The van der Waals surface area contributed by atoms with E-state index in [1.807, 2.05) is 12.1 Å². The third kappa shape index (κ3) is 6.70. The van der Waals surface area contributed by atoms with E-state index < -0.39 is 5.41 Å². The molecule has 430 valence electrons. The Morgan fingerprint density at radius 2 is 0.667 bits per heavy atom. The topological polar surface area (TPSA) is 73.6 Å². The van der Waals surface area contributed by atoms with Crippen LogP contribution in [0.1, 0.15) is 73.0 Å². The molecule has 7 heteroatoms. The molecule has 0 N–H and O–H groups in total. The van der Waals surface area contributed by atoms with Crippen LogP contribution in [0.2, 0.25) is 0 Å². The minimum atomic E-state index is -0.973. The first-order valence-electron chi connectivity index (χ1n) is 31.9. The van der Waals surface area contributed by atoms with Gasteiger partial charge in [0.25, 0.3) is 0 Å². The molecule has 0 fully saturated rings. The van der Waals surface area contributed by atoms with E-state index in [-0.39, 0.29) is 11.8 Å². The molecule has 0 radical (unpaired) electrons. The number of ether oxygens (including phenoxy) is 1. The SMILES string of the molecule is N#Cc1ccc2c(c1)c1ccccc1n2-c1ccc2c(c1)c1ccccc1n2-c1ccc2c(c1)Oc1cc(-n3c4ccccc4c4ccccc43)ccc1C21c2cc(C3c4ccccc4-c4ccccc43)cnc2-c2ncc(C3c4ccccc4-c4ccccc43)cc21. The van der Waals surface area contributed by atoms with Crippen LogP contribution >= 0.6 is 0 Å². The van der Waals surface area contributed by atoms with Crippen molar-refractivity contribution in [3.05, 3.63) is 353 Å². The molecule has 93 heavy (non-hydrogen) atoms. The zero-order chi connectivity index (χ0) is 60.8. The van der Waals surface area contributed by atoms with Gasteiger partial charge in [-0.05, 0) is 141 Å². The number of fused-ring (bicyclic) bond motifs is 24. The molecule has 21 rings (SSSR count). The fourth-order valence-corrected chi connectivity index (χ4v) is 17.2. The number of hydrogen-bond donors (Lipinski definition) is 0. The maximum atomic E-state index is 9.99. The maximum absolute atomic E-state index is 9.99. The Labute approximate surface area is 534 Å². The fraction of sp³-hybridized carbons (Fsp3) is 0.0349. The van der Waals surface area contributed by atoms with Crippen molar-refractivity contribution in [2.75, 3.05) is 0 Å². The molecular formula is C86H50N6O. The summed E-state index contributed by atoms with van der Waals surface area (Å²) in [5.74, 6) is 1.42. The summed E-state index contributed by atoms with van der Waals surface area (Å²) in [4.78, 5) is 11.4. The average Bonchev–Trinajstić information content (AvgIpc) is 1.55. The van der Waals surface area contributed by atoms with E-state index in [0.717, 1.165) is 128 Å². The summed E-state index contributed by atoms with van der Waals surface area (Å²) < 4.78 is 14.9. The summed E-state index contributed by atoms with van der Waals surface area (Å²) in [6.45, 7) is 0. The highest BCUT2D eigenvalue weighted by Crippen LogP contribution is 2.64. The summed E-state index contributed by atoms with van der Waals surface area (Å²) in [6.07, 6.45) is 4.25. The van der Waals surface area contributed by atoms with Crippen LogP contribution in [0.5, 0.6) is 11.5 Å². The van der Waals surface area contributed by atoms with E-state index in [2.05, 4.69) is 299 Å². The molecule has 0 saturated carbocycles. The van der Waals surface area contributed by atoms with Gasteiger partial charge in [-0.25, -0.2) is 0 Å². The first kappa shape index (κ1) is 50.5. The number of nitrogens with zero attached hydrogens (tertiary/aromatic N) is 6. The Balaban J connectivity index is 0.834. The standard InChI is InChI=1S/C86H50N6O/c87-47-50-33-39-78-68(41-50)62-23-11-15-31-76(62)90(78)53-36-40-79-69(44-53)63-24-12-16-32-77(63)92(79)55-35-38-71-81(46-55)93-80-45-54(91-74-29-13-9-21-60(74)61-22-10-14-30-75(61)91)34-37-70(80)86(71)72-42-51(82-64-25-5-1-17-56(64)57-18-2-6-26-65(57)82)48-88-84(72)85-73(86)43-52(49-89-85)83-66-27-7-3-19-58(66)59-20-4-8-28-67(59)83/h1-46,48-49,82-83H. The van der Waals surface area contributed by atoms with Gasteiger partial charge in [0.2, 0.25) is 0 Å². The summed E-state index contributed by atoms with van der Waals surface area (Å²) in [5.41, 5.74) is 27.6.